The number of hydrogen-bond donors (Lipinski definition) is 1. The summed E-state index contributed by atoms with van der Waals surface area (Å²) >= 11 is 0. The molecule has 172 valence electrons. The summed E-state index contributed by atoms with van der Waals surface area (Å²) in [7, 11) is 0. The Morgan fingerprint density at radius 1 is 1.09 bits per heavy atom. The monoisotopic (exact) mass is 435 g/mol. The zero-order chi connectivity index (χ0) is 23.1. The van der Waals surface area contributed by atoms with Crippen LogP contribution in [0.2, 0.25) is 0 Å². The van der Waals surface area contributed by atoms with Gasteiger partial charge in [0.15, 0.2) is 0 Å². The largest absolute Gasteiger partial charge is 0.493 e. The summed E-state index contributed by atoms with van der Waals surface area (Å²) in [5.41, 5.74) is 4.65. The highest BCUT2D eigenvalue weighted by Gasteiger charge is 2.12. The first-order valence-electron chi connectivity index (χ1n) is 11.8. The van der Waals surface area contributed by atoms with E-state index in [1.54, 1.807) is 0 Å². The number of amides is 1. The predicted octanol–water partition coefficient (Wildman–Crippen LogP) is 5.64. The van der Waals surface area contributed by atoms with Crippen molar-refractivity contribution in [1.29, 1.82) is 0 Å². The molecule has 0 unspecified atom stereocenters. The van der Waals surface area contributed by atoms with E-state index < -0.39 is 0 Å². The van der Waals surface area contributed by atoms with E-state index in [0.29, 0.717) is 19.1 Å². The van der Waals surface area contributed by atoms with Gasteiger partial charge in [-0.3, -0.25) is 4.79 Å². The van der Waals surface area contributed by atoms with Crippen molar-refractivity contribution < 1.29 is 9.53 Å². The molecule has 0 fully saturated rings. The van der Waals surface area contributed by atoms with Crippen molar-refractivity contribution in [2.75, 3.05) is 13.2 Å². The van der Waals surface area contributed by atoms with Gasteiger partial charge in [-0.25, -0.2) is 4.98 Å². The molecule has 0 spiro atoms. The summed E-state index contributed by atoms with van der Waals surface area (Å²) in [5.74, 6) is 2.56. The molecule has 0 aliphatic rings. The topological polar surface area (TPSA) is 56.1 Å². The average molecular weight is 436 g/mol. The summed E-state index contributed by atoms with van der Waals surface area (Å²) < 4.78 is 8.45. The number of unbranched alkanes of at least 4 members (excludes halogenated alkanes) is 1. The van der Waals surface area contributed by atoms with Crippen LogP contribution in [-0.4, -0.2) is 28.6 Å². The average Bonchev–Trinajstić information content (AvgIpc) is 3.10. The van der Waals surface area contributed by atoms with Gasteiger partial charge in [-0.05, 0) is 55.0 Å². The van der Waals surface area contributed by atoms with Crippen molar-refractivity contribution in [3.05, 3.63) is 59.4 Å². The third-order valence-corrected chi connectivity index (χ3v) is 5.73. The lowest BCUT2D eigenvalue weighted by Gasteiger charge is -2.15. The molecule has 1 heterocycles. The van der Waals surface area contributed by atoms with Crippen LogP contribution < -0.4 is 10.1 Å². The van der Waals surface area contributed by atoms with Gasteiger partial charge in [-0.2, -0.15) is 0 Å². The number of aryl methyl sites for hydroxylation is 2. The van der Waals surface area contributed by atoms with Crippen LogP contribution in [0.25, 0.3) is 11.0 Å². The first kappa shape index (κ1) is 23.8. The molecule has 3 aromatic rings. The lowest BCUT2D eigenvalue weighted by atomic mass is 10.0. The molecule has 0 aliphatic heterocycles. The number of nitrogens with one attached hydrogen (secondary N) is 1. The van der Waals surface area contributed by atoms with E-state index >= 15 is 0 Å². The molecule has 1 N–H and O–H groups in total. The quantitative estimate of drug-likeness (QED) is 0.396. The molecule has 0 saturated heterocycles. The number of benzene rings is 2. The highest BCUT2D eigenvalue weighted by Crippen LogP contribution is 2.27. The number of rotatable bonds is 11. The van der Waals surface area contributed by atoms with Gasteiger partial charge in [0.1, 0.15) is 11.6 Å². The second-order valence-electron chi connectivity index (χ2n) is 9.12. The number of aromatic nitrogens is 2. The first-order chi connectivity index (χ1) is 15.4. The normalized spacial score (nSPS) is 11.5. The number of ether oxygens (including phenoxy) is 1. The number of carbonyl (C=O) groups excluding carboxylic acids is 1. The van der Waals surface area contributed by atoms with Crippen molar-refractivity contribution in [2.24, 2.45) is 5.92 Å². The minimum Gasteiger partial charge on any atom is -0.493 e. The Labute approximate surface area is 192 Å². The lowest BCUT2D eigenvalue weighted by Crippen LogP contribution is -2.30. The number of nitrogens with zero attached hydrogens (tertiary/aromatic N) is 2. The fourth-order valence-electron chi connectivity index (χ4n) is 3.87. The molecule has 32 heavy (non-hydrogen) atoms. The van der Waals surface area contributed by atoms with E-state index in [0.717, 1.165) is 48.4 Å². The van der Waals surface area contributed by atoms with E-state index in [1.807, 2.05) is 19.9 Å². The summed E-state index contributed by atoms with van der Waals surface area (Å²) in [6, 6.07) is 14.7. The molecule has 0 atom stereocenters. The first-order valence-corrected chi connectivity index (χ1v) is 11.8. The van der Waals surface area contributed by atoms with Gasteiger partial charge in [-0.1, -0.05) is 52.0 Å². The van der Waals surface area contributed by atoms with E-state index in [1.165, 1.54) is 11.1 Å². The van der Waals surface area contributed by atoms with E-state index in [4.69, 9.17) is 9.72 Å². The van der Waals surface area contributed by atoms with Gasteiger partial charge in [-0.15, -0.1) is 0 Å². The molecule has 0 radical (unpaired) electrons. The third kappa shape index (κ3) is 6.12. The number of carbonyl (C=O) groups is 1. The lowest BCUT2D eigenvalue weighted by molar-refractivity contribution is -0.123. The summed E-state index contributed by atoms with van der Waals surface area (Å²) in [4.78, 5) is 16.7. The fraction of sp³-hybridized carbons (Fsp3) is 0.481. The Hall–Kier alpha value is -2.82. The number of imidazole rings is 1. The van der Waals surface area contributed by atoms with Crippen molar-refractivity contribution >= 4 is 16.9 Å². The van der Waals surface area contributed by atoms with Gasteiger partial charge in [0.25, 0.3) is 0 Å². The SMILES string of the molecule is Cc1ccc(C(C)C)c(OCCCCn2c(CCNC(=O)C(C)C)nc3ccccc32)c1. The van der Waals surface area contributed by atoms with Crippen LogP contribution in [0.3, 0.4) is 0 Å². The number of hydrogen-bond acceptors (Lipinski definition) is 3. The summed E-state index contributed by atoms with van der Waals surface area (Å²) in [5, 5.41) is 3.00. The van der Waals surface area contributed by atoms with Crippen molar-refractivity contribution in [3.8, 4) is 5.75 Å². The molecule has 1 aromatic heterocycles. The molecule has 1 amide bonds. The van der Waals surface area contributed by atoms with Crippen LogP contribution in [0.1, 0.15) is 63.4 Å². The molecule has 5 heteroatoms. The van der Waals surface area contributed by atoms with Gasteiger partial charge < -0.3 is 14.6 Å². The van der Waals surface area contributed by atoms with Crippen LogP contribution in [0, 0.1) is 12.8 Å². The molecule has 0 bridgehead atoms. The van der Waals surface area contributed by atoms with Crippen LogP contribution >= 0.6 is 0 Å². The Balaban J connectivity index is 1.59. The highest BCUT2D eigenvalue weighted by molar-refractivity contribution is 5.78. The van der Waals surface area contributed by atoms with E-state index in [9.17, 15) is 4.79 Å². The van der Waals surface area contributed by atoms with E-state index in [-0.39, 0.29) is 11.8 Å². The van der Waals surface area contributed by atoms with Gasteiger partial charge >= 0.3 is 0 Å². The van der Waals surface area contributed by atoms with Crippen molar-refractivity contribution in [2.45, 2.75) is 66.3 Å². The number of para-hydroxylation sites is 2. The Morgan fingerprint density at radius 2 is 1.88 bits per heavy atom. The highest BCUT2D eigenvalue weighted by atomic mass is 16.5. The molecule has 0 saturated carbocycles. The maximum absolute atomic E-state index is 11.9. The fourth-order valence-corrected chi connectivity index (χ4v) is 3.87. The Bertz CT molecular complexity index is 1040. The maximum atomic E-state index is 11.9. The Kier molecular flexibility index (Phi) is 8.32. The second-order valence-corrected chi connectivity index (χ2v) is 9.12. The van der Waals surface area contributed by atoms with Crippen molar-refractivity contribution in [1.82, 2.24) is 14.9 Å². The summed E-state index contributed by atoms with van der Waals surface area (Å²) in [6.45, 7) is 12.5. The van der Waals surface area contributed by atoms with Crippen LogP contribution in [0.5, 0.6) is 5.75 Å². The minimum atomic E-state index is -0.00145. The molecule has 3 rings (SSSR count). The summed E-state index contributed by atoms with van der Waals surface area (Å²) in [6.07, 6.45) is 2.71. The van der Waals surface area contributed by atoms with Crippen LogP contribution in [0.15, 0.2) is 42.5 Å². The van der Waals surface area contributed by atoms with Gasteiger partial charge in [0.2, 0.25) is 5.91 Å². The maximum Gasteiger partial charge on any atom is 0.222 e. The van der Waals surface area contributed by atoms with Crippen LogP contribution in [0.4, 0.5) is 0 Å². The standard InChI is InChI=1S/C27H37N3O2/c1-19(2)22-13-12-21(5)18-25(22)32-17-9-8-16-30-24-11-7-6-10-23(24)29-26(30)14-15-28-27(31)20(3)4/h6-7,10-13,18-20H,8-9,14-17H2,1-5H3,(H,28,31). The van der Waals surface area contributed by atoms with Crippen LogP contribution in [-0.2, 0) is 17.8 Å². The number of fused-ring (bicyclic) bond motifs is 1. The van der Waals surface area contributed by atoms with E-state index in [2.05, 4.69) is 67.1 Å². The van der Waals surface area contributed by atoms with Crippen molar-refractivity contribution in [3.63, 3.8) is 0 Å². The molecule has 5 nitrogen and oxygen atoms in total. The predicted molar refractivity (Wildman–Crippen MR) is 131 cm³/mol. The zero-order valence-electron chi connectivity index (χ0n) is 20.1. The van der Waals surface area contributed by atoms with Gasteiger partial charge in [0, 0.05) is 25.4 Å². The Morgan fingerprint density at radius 3 is 2.62 bits per heavy atom. The molecule has 0 aliphatic carbocycles. The smallest absolute Gasteiger partial charge is 0.222 e. The third-order valence-electron chi connectivity index (χ3n) is 5.73. The molecular weight excluding hydrogens is 398 g/mol. The minimum absolute atomic E-state index is 0.00145. The molecular formula is C27H37N3O2. The van der Waals surface area contributed by atoms with Gasteiger partial charge in [0.05, 0.1) is 17.6 Å². The zero-order valence-corrected chi connectivity index (χ0v) is 20.1. The molecule has 2 aromatic carbocycles. The second kappa shape index (κ2) is 11.2.